The lowest BCUT2D eigenvalue weighted by molar-refractivity contribution is 0.621. The molecule has 3 N–H and O–H groups in total. The van der Waals surface area contributed by atoms with Crippen LogP contribution in [0.2, 0.25) is 0 Å². The van der Waals surface area contributed by atoms with E-state index in [0.717, 1.165) is 22.0 Å². The minimum atomic E-state index is -0.195. The number of hydrogen-bond acceptors (Lipinski definition) is 5. The summed E-state index contributed by atoms with van der Waals surface area (Å²) in [5, 5.41) is 2.18. The summed E-state index contributed by atoms with van der Waals surface area (Å²) in [7, 11) is 0. The highest BCUT2D eigenvalue weighted by Gasteiger charge is 2.16. The molecule has 0 saturated heterocycles. The van der Waals surface area contributed by atoms with Crippen molar-refractivity contribution in [2.24, 2.45) is 5.84 Å². The Morgan fingerprint density at radius 2 is 1.89 bits per heavy atom. The lowest BCUT2D eigenvalue weighted by atomic mass is 9.98. The molecule has 0 spiro atoms. The maximum atomic E-state index is 5.69. The van der Waals surface area contributed by atoms with Crippen molar-refractivity contribution < 1.29 is 0 Å². The van der Waals surface area contributed by atoms with Crippen LogP contribution in [0.15, 0.2) is 55.2 Å². The van der Waals surface area contributed by atoms with E-state index in [0.29, 0.717) is 0 Å². The van der Waals surface area contributed by atoms with Gasteiger partial charge >= 0.3 is 0 Å². The Morgan fingerprint density at radius 3 is 2.68 bits per heavy atom. The predicted octanol–water partition coefficient (Wildman–Crippen LogP) is 1.58. The SMILES string of the molecule is NNC(c1cnccn1)c1cccc2cnccc12. The second-order valence-corrected chi connectivity index (χ2v) is 4.17. The lowest BCUT2D eigenvalue weighted by Crippen LogP contribution is -2.29. The molecule has 5 heteroatoms. The fourth-order valence-corrected chi connectivity index (χ4v) is 2.19. The second-order valence-electron chi connectivity index (χ2n) is 4.17. The molecule has 0 bridgehead atoms. The van der Waals surface area contributed by atoms with Gasteiger partial charge in [-0.25, -0.2) is 5.43 Å². The van der Waals surface area contributed by atoms with Gasteiger partial charge in [-0.15, -0.1) is 0 Å². The van der Waals surface area contributed by atoms with Crippen molar-refractivity contribution in [3.63, 3.8) is 0 Å². The summed E-state index contributed by atoms with van der Waals surface area (Å²) in [5.74, 6) is 5.69. The van der Waals surface area contributed by atoms with Gasteiger partial charge in [0.15, 0.2) is 0 Å². The van der Waals surface area contributed by atoms with E-state index in [1.165, 1.54) is 0 Å². The van der Waals surface area contributed by atoms with Gasteiger partial charge < -0.3 is 0 Å². The van der Waals surface area contributed by atoms with E-state index in [-0.39, 0.29) is 6.04 Å². The van der Waals surface area contributed by atoms with Crippen molar-refractivity contribution in [2.75, 3.05) is 0 Å². The molecule has 5 nitrogen and oxygen atoms in total. The number of rotatable bonds is 3. The molecule has 0 aliphatic carbocycles. The van der Waals surface area contributed by atoms with E-state index in [1.54, 1.807) is 24.8 Å². The van der Waals surface area contributed by atoms with Crippen LogP contribution in [-0.2, 0) is 0 Å². The Kier molecular flexibility index (Phi) is 3.14. The van der Waals surface area contributed by atoms with Crippen LogP contribution >= 0.6 is 0 Å². The van der Waals surface area contributed by atoms with Crippen molar-refractivity contribution in [1.82, 2.24) is 20.4 Å². The van der Waals surface area contributed by atoms with E-state index in [9.17, 15) is 0 Å². The number of aromatic nitrogens is 3. The predicted molar refractivity (Wildman–Crippen MR) is 72.9 cm³/mol. The molecule has 19 heavy (non-hydrogen) atoms. The van der Waals surface area contributed by atoms with Crippen molar-refractivity contribution in [1.29, 1.82) is 0 Å². The number of hydrogen-bond donors (Lipinski definition) is 2. The molecule has 0 saturated carbocycles. The van der Waals surface area contributed by atoms with Crippen LogP contribution in [0.4, 0.5) is 0 Å². The Morgan fingerprint density at radius 1 is 1.00 bits per heavy atom. The first-order valence-electron chi connectivity index (χ1n) is 5.95. The lowest BCUT2D eigenvalue weighted by Gasteiger charge is -2.17. The quantitative estimate of drug-likeness (QED) is 0.546. The largest absolute Gasteiger partial charge is 0.271 e. The molecule has 1 aromatic carbocycles. The molecule has 0 aliphatic rings. The number of nitrogens with zero attached hydrogens (tertiary/aromatic N) is 3. The van der Waals surface area contributed by atoms with Gasteiger partial charge in [0.25, 0.3) is 0 Å². The van der Waals surface area contributed by atoms with E-state index >= 15 is 0 Å². The van der Waals surface area contributed by atoms with Gasteiger partial charge in [0.1, 0.15) is 0 Å². The molecule has 94 valence electrons. The fourth-order valence-electron chi connectivity index (χ4n) is 2.19. The van der Waals surface area contributed by atoms with Gasteiger partial charge in [-0.2, -0.15) is 0 Å². The van der Waals surface area contributed by atoms with E-state index < -0.39 is 0 Å². The number of hydrazine groups is 1. The normalized spacial score (nSPS) is 12.5. The Bertz CT molecular complexity index is 678. The number of pyridine rings is 1. The molecule has 1 unspecified atom stereocenters. The molecule has 1 atom stereocenters. The summed E-state index contributed by atoms with van der Waals surface area (Å²) in [6.07, 6.45) is 8.63. The van der Waals surface area contributed by atoms with E-state index in [2.05, 4.69) is 20.4 Å². The summed E-state index contributed by atoms with van der Waals surface area (Å²) >= 11 is 0. The molecule has 3 aromatic rings. The topological polar surface area (TPSA) is 76.7 Å². The summed E-state index contributed by atoms with van der Waals surface area (Å²) in [5.41, 5.74) is 4.65. The van der Waals surface area contributed by atoms with Crippen LogP contribution in [0.3, 0.4) is 0 Å². The van der Waals surface area contributed by atoms with Crippen molar-refractivity contribution >= 4 is 10.8 Å². The molecule has 3 rings (SSSR count). The van der Waals surface area contributed by atoms with Crippen molar-refractivity contribution in [3.05, 3.63) is 66.5 Å². The highest BCUT2D eigenvalue weighted by atomic mass is 15.2. The first-order chi connectivity index (χ1) is 9.40. The van der Waals surface area contributed by atoms with Crippen LogP contribution in [0.5, 0.6) is 0 Å². The zero-order valence-corrected chi connectivity index (χ0v) is 10.2. The number of fused-ring (bicyclic) bond motifs is 1. The zero-order valence-electron chi connectivity index (χ0n) is 10.2. The fraction of sp³-hybridized carbons (Fsp3) is 0.0714. The second kappa shape index (κ2) is 5.09. The third-order valence-corrected chi connectivity index (χ3v) is 3.07. The van der Waals surface area contributed by atoms with Gasteiger partial charge in [0, 0.05) is 30.2 Å². The molecule has 0 amide bonds. The van der Waals surface area contributed by atoms with Gasteiger partial charge in [-0.1, -0.05) is 18.2 Å². The zero-order chi connectivity index (χ0) is 13.1. The molecule has 2 heterocycles. The summed E-state index contributed by atoms with van der Waals surface area (Å²) in [6, 6.07) is 7.82. The number of benzene rings is 1. The van der Waals surface area contributed by atoms with Crippen LogP contribution < -0.4 is 11.3 Å². The van der Waals surface area contributed by atoms with Crippen molar-refractivity contribution in [2.45, 2.75) is 6.04 Å². The third kappa shape index (κ3) is 2.16. The van der Waals surface area contributed by atoms with Gasteiger partial charge in [-0.3, -0.25) is 20.8 Å². The maximum Gasteiger partial charge on any atom is 0.0903 e. The van der Waals surface area contributed by atoms with E-state index in [1.807, 2.05) is 30.5 Å². The average Bonchev–Trinajstić information content (AvgIpc) is 2.49. The molecular formula is C14H13N5. The highest BCUT2D eigenvalue weighted by molar-refractivity contribution is 5.85. The highest BCUT2D eigenvalue weighted by Crippen LogP contribution is 2.26. The molecule has 2 aromatic heterocycles. The summed E-state index contributed by atoms with van der Waals surface area (Å²) < 4.78 is 0. The third-order valence-electron chi connectivity index (χ3n) is 3.07. The maximum absolute atomic E-state index is 5.69. The summed E-state index contributed by atoms with van der Waals surface area (Å²) in [6.45, 7) is 0. The van der Waals surface area contributed by atoms with Crippen LogP contribution in [-0.4, -0.2) is 15.0 Å². The van der Waals surface area contributed by atoms with Crippen molar-refractivity contribution in [3.8, 4) is 0 Å². The molecule has 0 fully saturated rings. The smallest absolute Gasteiger partial charge is 0.0903 e. The first kappa shape index (κ1) is 11.7. The van der Waals surface area contributed by atoms with Crippen LogP contribution in [0, 0.1) is 0 Å². The Labute approximate surface area is 110 Å². The summed E-state index contributed by atoms with van der Waals surface area (Å²) in [4.78, 5) is 12.5. The van der Waals surface area contributed by atoms with E-state index in [4.69, 9.17) is 5.84 Å². The first-order valence-corrected chi connectivity index (χ1v) is 5.95. The Balaban J connectivity index is 2.17. The monoisotopic (exact) mass is 251 g/mol. The van der Waals surface area contributed by atoms with Gasteiger partial charge in [-0.05, 0) is 17.0 Å². The van der Waals surface area contributed by atoms with Gasteiger partial charge in [0.2, 0.25) is 0 Å². The van der Waals surface area contributed by atoms with Crippen LogP contribution in [0.1, 0.15) is 17.3 Å². The molecular weight excluding hydrogens is 238 g/mol. The minimum Gasteiger partial charge on any atom is -0.271 e. The number of nitrogens with two attached hydrogens (primary N) is 1. The minimum absolute atomic E-state index is 0.195. The Hall–Kier alpha value is -2.37. The standard InChI is InChI=1S/C14H13N5/c15-19-14(13-9-17-6-7-18-13)12-3-1-2-10-8-16-5-4-11(10)12/h1-9,14,19H,15H2. The van der Waals surface area contributed by atoms with Crippen LogP contribution in [0.25, 0.3) is 10.8 Å². The van der Waals surface area contributed by atoms with Gasteiger partial charge in [0.05, 0.1) is 17.9 Å². The average molecular weight is 251 g/mol. The molecule has 0 radical (unpaired) electrons. The molecule has 0 aliphatic heterocycles. The number of nitrogens with one attached hydrogen (secondary N) is 1.